The summed E-state index contributed by atoms with van der Waals surface area (Å²) in [7, 11) is 1.68. The van der Waals surface area contributed by atoms with Crippen LogP contribution in [0.4, 0.5) is 0 Å². The summed E-state index contributed by atoms with van der Waals surface area (Å²) in [5.74, 6) is -0.0146. The van der Waals surface area contributed by atoms with Gasteiger partial charge in [0.1, 0.15) is 6.04 Å². The Morgan fingerprint density at radius 2 is 2.18 bits per heavy atom. The number of hydrogen-bond donors (Lipinski definition) is 1. The first-order valence-electron chi connectivity index (χ1n) is 6.30. The van der Waals surface area contributed by atoms with Crippen LogP contribution in [0.25, 0.3) is 0 Å². The van der Waals surface area contributed by atoms with Crippen molar-refractivity contribution in [3.8, 4) is 0 Å². The summed E-state index contributed by atoms with van der Waals surface area (Å²) in [6, 6.07) is -0.276. The van der Waals surface area contributed by atoms with Gasteiger partial charge < -0.3 is 15.0 Å². The standard InChI is InChI=1S/C12H20N2O3/c1-3-8-12(16)14(7-11(15)13-8)9-5-4-6-10(9)17-2/h8-10H,3-7H2,1-2H3,(H,13,15). The highest BCUT2D eigenvalue weighted by molar-refractivity contribution is 5.95. The second kappa shape index (κ2) is 5.04. The van der Waals surface area contributed by atoms with Crippen molar-refractivity contribution in [2.45, 2.75) is 50.8 Å². The second-order valence-corrected chi connectivity index (χ2v) is 4.77. The lowest BCUT2D eigenvalue weighted by Crippen LogP contribution is -2.61. The van der Waals surface area contributed by atoms with Crippen LogP contribution in [-0.4, -0.2) is 48.6 Å². The van der Waals surface area contributed by atoms with E-state index in [2.05, 4.69) is 5.32 Å². The van der Waals surface area contributed by atoms with Gasteiger partial charge in [0, 0.05) is 7.11 Å². The number of hydrogen-bond acceptors (Lipinski definition) is 3. The topological polar surface area (TPSA) is 58.6 Å². The number of methoxy groups -OCH3 is 1. The minimum Gasteiger partial charge on any atom is -0.379 e. The molecule has 2 rings (SSSR count). The van der Waals surface area contributed by atoms with Gasteiger partial charge in [0.25, 0.3) is 0 Å². The number of piperazine rings is 1. The fourth-order valence-corrected chi connectivity index (χ4v) is 2.83. The summed E-state index contributed by atoms with van der Waals surface area (Å²) in [4.78, 5) is 25.5. The molecular weight excluding hydrogens is 220 g/mol. The molecule has 2 amide bonds. The summed E-state index contributed by atoms with van der Waals surface area (Å²) in [6.45, 7) is 2.09. The zero-order valence-electron chi connectivity index (χ0n) is 10.4. The van der Waals surface area contributed by atoms with E-state index in [4.69, 9.17) is 4.74 Å². The van der Waals surface area contributed by atoms with Crippen LogP contribution in [0.5, 0.6) is 0 Å². The molecule has 5 heteroatoms. The first-order chi connectivity index (χ1) is 8.17. The Hall–Kier alpha value is -1.10. The van der Waals surface area contributed by atoms with Gasteiger partial charge in [-0.25, -0.2) is 0 Å². The van der Waals surface area contributed by atoms with Gasteiger partial charge in [0.2, 0.25) is 11.8 Å². The van der Waals surface area contributed by atoms with E-state index in [-0.39, 0.29) is 36.5 Å². The maximum Gasteiger partial charge on any atom is 0.245 e. The summed E-state index contributed by atoms with van der Waals surface area (Å²) in [6.07, 6.45) is 3.70. The predicted molar refractivity (Wildman–Crippen MR) is 62.4 cm³/mol. The van der Waals surface area contributed by atoms with Crippen LogP contribution >= 0.6 is 0 Å². The monoisotopic (exact) mass is 240 g/mol. The molecular formula is C12H20N2O3. The van der Waals surface area contributed by atoms with E-state index in [9.17, 15) is 9.59 Å². The Kier molecular flexibility index (Phi) is 3.66. The Morgan fingerprint density at radius 1 is 1.41 bits per heavy atom. The predicted octanol–water partition coefficient (Wildman–Crippen LogP) is 0.291. The highest BCUT2D eigenvalue weighted by Crippen LogP contribution is 2.27. The molecule has 3 atom stereocenters. The quantitative estimate of drug-likeness (QED) is 0.771. The molecule has 17 heavy (non-hydrogen) atoms. The lowest BCUT2D eigenvalue weighted by Gasteiger charge is -2.38. The summed E-state index contributed by atoms with van der Waals surface area (Å²) < 4.78 is 5.40. The van der Waals surface area contributed by atoms with Gasteiger partial charge in [0.05, 0.1) is 18.7 Å². The molecule has 0 radical (unpaired) electrons. The van der Waals surface area contributed by atoms with Gasteiger partial charge in [-0.05, 0) is 25.7 Å². The molecule has 1 saturated carbocycles. The van der Waals surface area contributed by atoms with Crippen molar-refractivity contribution in [3.63, 3.8) is 0 Å². The lowest BCUT2D eigenvalue weighted by molar-refractivity contribution is -0.149. The Bertz CT molecular complexity index is 319. The molecule has 5 nitrogen and oxygen atoms in total. The number of amides is 2. The van der Waals surface area contributed by atoms with Gasteiger partial charge in [-0.2, -0.15) is 0 Å². The number of carbonyl (C=O) groups excluding carboxylic acids is 2. The van der Waals surface area contributed by atoms with Gasteiger partial charge >= 0.3 is 0 Å². The van der Waals surface area contributed by atoms with Crippen molar-refractivity contribution >= 4 is 11.8 Å². The maximum atomic E-state index is 12.2. The van der Waals surface area contributed by atoms with Crippen molar-refractivity contribution in [2.75, 3.05) is 13.7 Å². The normalized spacial score (nSPS) is 34.0. The maximum absolute atomic E-state index is 12.2. The molecule has 0 aromatic heterocycles. The van der Waals surface area contributed by atoms with E-state index in [0.29, 0.717) is 6.42 Å². The third kappa shape index (κ3) is 2.29. The van der Waals surface area contributed by atoms with E-state index in [1.54, 1.807) is 12.0 Å². The molecule has 1 heterocycles. The van der Waals surface area contributed by atoms with Crippen LogP contribution in [0, 0.1) is 0 Å². The molecule has 1 N–H and O–H groups in total. The molecule has 3 unspecified atom stereocenters. The summed E-state index contributed by atoms with van der Waals surface area (Å²) in [5.41, 5.74) is 0. The molecule has 1 aliphatic heterocycles. The molecule has 1 aliphatic carbocycles. The van der Waals surface area contributed by atoms with Crippen LogP contribution in [0.1, 0.15) is 32.6 Å². The Morgan fingerprint density at radius 3 is 2.82 bits per heavy atom. The molecule has 2 fully saturated rings. The van der Waals surface area contributed by atoms with E-state index >= 15 is 0 Å². The molecule has 0 aromatic rings. The summed E-state index contributed by atoms with van der Waals surface area (Å²) >= 11 is 0. The molecule has 96 valence electrons. The van der Waals surface area contributed by atoms with Crippen molar-refractivity contribution in [1.29, 1.82) is 0 Å². The highest BCUT2D eigenvalue weighted by Gasteiger charge is 2.40. The average molecular weight is 240 g/mol. The third-order valence-electron chi connectivity index (χ3n) is 3.76. The number of nitrogens with zero attached hydrogens (tertiary/aromatic N) is 1. The fourth-order valence-electron chi connectivity index (χ4n) is 2.83. The fraction of sp³-hybridized carbons (Fsp3) is 0.833. The lowest BCUT2D eigenvalue weighted by atomic mass is 10.1. The molecule has 2 aliphatic rings. The van der Waals surface area contributed by atoms with Crippen molar-refractivity contribution in [1.82, 2.24) is 10.2 Å². The van der Waals surface area contributed by atoms with E-state index in [0.717, 1.165) is 19.3 Å². The van der Waals surface area contributed by atoms with Gasteiger partial charge in [-0.1, -0.05) is 6.92 Å². The van der Waals surface area contributed by atoms with Gasteiger partial charge in [0.15, 0.2) is 0 Å². The van der Waals surface area contributed by atoms with Crippen LogP contribution in [-0.2, 0) is 14.3 Å². The first kappa shape index (κ1) is 12.4. The zero-order chi connectivity index (χ0) is 12.4. The zero-order valence-corrected chi connectivity index (χ0v) is 10.4. The third-order valence-corrected chi connectivity index (χ3v) is 3.76. The van der Waals surface area contributed by atoms with Crippen LogP contribution < -0.4 is 5.32 Å². The van der Waals surface area contributed by atoms with E-state index < -0.39 is 0 Å². The van der Waals surface area contributed by atoms with E-state index in [1.165, 1.54) is 0 Å². The van der Waals surface area contributed by atoms with Crippen LogP contribution in [0.2, 0.25) is 0 Å². The minimum atomic E-state index is -0.352. The number of ether oxygens (including phenoxy) is 1. The average Bonchev–Trinajstić information content (AvgIpc) is 2.79. The largest absolute Gasteiger partial charge is 0.379 e. The molecule has 0 bridgehead atoms. The number of nitrogens with one attached hydrogen (secondary N) is 1. The minimum absolute atomic E-state index is 0.0426. The van der Waals surface area contributed by atoms with Crippen LogP contribution in [0.3, 0.4) is 0 Å². The number of rotatable bonds is 3. The van der Waals surface area contributed by atoms with Crippen molar-refractivity contribution in [3.05, 3.63) is 0 Å². The molecule has 0 spiro atoms. The van der Waals surface area contributed by atoms with Crippen molar-refractivity contribution in [2.24, 2.45) is 0 Å². The van der Waals surface area contributed by atoms with Gasteiger partial charge in [-0.3, -0.25) is 9.59 Å². The Balaban J connectivity index is 2.13. The molecule has 0 aromatic carbocycles. The molecule has 1 saturated heterocycles. The number of carbonyl (C=O) groups is 2. The smallest absolute Gasteiger partial charge is 0.245 e. The highest BCUT2D eigenvalue weighted by atomic mass is 16.5. The van der Waals surface area contributed by atoms with Gasteiger partial charge in [-0.15, -0.1) is 0 Å². The van der Waals surface area contributed by atoms with Crippen molar-refractivity contribution < 1.29 is 14.3 Å². The van der Waals surface area contributed by atoms with Crippen LogP contribution in [0.15, 0.2) is 0 Å². The van der Waals surface area contributed by atoms with E-state index in [1.807, 2.05) is 6.92 Å². The SMILES string of the molecule is CCC1NC(=O)CN(C2CCCC2OC)C1=O. The second-order valence-electron chi connectivity index (χ2n) is 4.77. The Labute approximate surface area is 101 Å². The first-order valence-corrected chi connectivity index (χ1v) is 6.30. The summed E-state index contributed by atoms with van der Waals surface area (Å²) in [5, 5.41) is 2.73.